The van der Waals surface area contributed by atoms with Crippen LogP contribution in [0, 0.1) is 6.92 Å². The molecular formula is C15H16N4O. The highest BCUT2D eigenvalue weighted by Gasteiger charge is 2.03. The van der Waals surface area contributed by atoms with Crippen molar-refractivity contribution in [1.82, 2.24) is 20.5 Å². The highest BCUT2D eigenvalue weighted by Crippen LogP contribution is 2.15. The molecule has 0 radical (unpaired) electrons. The second kappa shape index (κ2) is 5.79. The van der Waals surface area contributed by atoms with Gasteiger partial charge in [0.2, 0.25) is 11.8 Å². The largest absolute Gasteiger partial charge is 0.424 e. The van der Waals surface area contributed by atoms with Crippen molar-refractivity contribution in [3.8, 4) is 0 Å². The van der Waals surface area contributed by atoms with E-state index in [4.69, 9.17) is 4.42 Å². The summed E-state index contributed by atoms with van der Waals surface area (Å²) in [5.74, 6) is 1.22. The van der Waals surface area contributed by atoms with Gasteiger partial charge in [0.05, 0.1) is 12.1 Å². The number of nitrogens with one attached hydrogen (secondary N) is 1. The average Bonchev–Trinajstić information content (AvgIpc) is 2.89. The summed E-state index contributed by atoms with van der Waals surface area (Å²) in [5.41, 5.74) is 2.32. The van der Waals surface area contributed by atoms with Gasteiger partial charge in [-0.3, -0.25) is 4.98 Å². The van der Waals surface area contributed by atoms with E-state index in [1.165, 1.54) is 10.9 Å². The molecule has 5 nitrogen and oxygen atoms in total. The Hall–Kier alpha value is -2.27. The van der Waals surface area contributed by atoms with E-state index in [2.05, 4.69) is 44.8 Å². The normalized spacial score (nSPS) is 11.1. The first-order chi connectivity index (χ1) is 9.83. The topological polar surface area (TPSA) is 63.8 Å². The Morgan fingerprint density at radius 2 is 2.05 bits per heavy atom. The van der Waals surface area contributed by atoms with Crippen LogP contribution in [0.2, 0.25) is 0 Å². The first-order valence-electron chi connectivity index (χ1n) is 6.65. The molecule has 0 saturated heterocycles. The number of aromatic nitrogens is 3. The molecule has 1 N–H and O–H groups in total. The third-order valence-corrected chi connectivity index (χ3v) is 3.13. The minimum absolute atomic E-state index is 0.596. The minimum Gasteiger partial charge on any atom is -0.424 e. The zero-order valence-corrected chi connectivity index (χ0v) is 11.3. The highest BCUT2D eigenvalue weighted by molar-refractivity contribution is 5.81. The Labute approximate surface area is 117 Å². The summed E-state index contributed by atoms with van der Waals surface area (Å²) < 4.78 is 5.31. The molecule has 0 aliphatic carbocycles. The maximum absolute atomic E-state index is 5.31. The first-order valence-corrected chi connectivity index (χ1v) is 6.65. The fraction of sp³-hybridized carbons (Fsp3) is 0.267. The van der Waals surface area contributed by atoms with Crippen LogP contribution in [0.5, 0.6) is 0 Å². The van der Waals surface area contributed by atoms with E-state index in [0.717, 1.165) is 18.5 Å². The van der Waals surface area contributed by atoms with Gasteiger partial charge >= 0.3 is 0 Å². The lowest BCUT2D eigenvalue weighted by Crippen LogP contribution is -2.17. The summed E-state index contributed by atoms with van der Waals surface area (Å²) in [5, 5.41) is 12.2. The third-order valence-electron chi connectivity index (χ3n) is 3.13. The molecule has 3 rings (SSSR count). The van der Waals surface area contributed by atoms with E-state index in [1.54, 1.807) is 6.92 Å². The predicted octanol–water partition coefficient (Wildman–Crippen LogP) is 2.26. The zero-order chi connectivity index (χ0) is 13.8. The number of fused-ring (bicyclic) bond motifs is 1. The van der Waals surface area contributed by atoms with Crippen molar-refractivity contribution in [2.45, 2.75) is 19.9 Å². The van der Waals surface area contributed by atoms with Crippen molar-refractivity contribution in [2.75, 3.05) is 6.54 Å². The van der Waals surface area contributed by atoms with E-state index < -0.39 is 0 Å². The number of rotatable bonds is 5. The molecule has 0 spiro atoms. The molecule has 0 atom stereocenters. The summed E-state index contributed by atoms with van der Waals surface area (Å²) >= 11 is 0. The molecule has 0 saturated carbocycles. The molecule has 2 heterocycles. The highest BCUT2D eigenvalue weighted by atomic mass is 16.4. The van der Waals surface area contributed by atoms with Crippen molar-refractivity contribution in [3.05, 3.63) is 53.9 Å². The lowest BCUT2D eigenvalue weighted by Gasteiger charge is -2.06. The van der Waals surface area contributed by atoms with Crippen molar-refractivity contribution < 1.29 is 4.42 Å². The van der Waals surface area contributed by atoms with E-state index >= 15 is 0 Å². The van der Waals surface area contributed by atoms with Gasteiger partial charge in [-0.2, -0.15) is 0 Å². The second-order valence-corrected chi connectivity index (χ2v) is 4.63. The number of hydrogen-bond acceptors (Lipinski definition) is 5. The molecule has 0 fully saturated rings. The van der Waals surface area contributed by atoms with E-state index in [9.17, 15) is 0 Å². The predicted molar refractivity (Wildman–Crippen MR) is 76.2 cm³/mol. The molecule has 0 aliphatic heterocycles. The number of benzene rings is 1. The van der Waals surface area contributed by atoms with Crippen molar-refractivity contribution in [1.29, 1.82) is 0 Å². The summed E-state index contributed by atoms with van der Waals surface area (Å²) in [4.78, 5) is 4.45. The molecule has 102 valence electrons. The minimum atomic E-state index is 0.596. The van der Waals surface area contributed by atoms with Crippen LogP contribution < -0.4 is 5.32 Å². The van der Waals surface area contributed by atoms with Crippen LogP contribution in [0.1, 0.15) is 17.3 Å². The van der Waals surface area contributed by atoms with E-state index in [1.807, 2.05) is 12.3 Å². The van der Waals surface area contributed by atoms with E-state index in [0.29, 0.717) is 18.3 Å². The lowest BCUT2D eigenvalue weighted by atomic mass is 10.1. The number of hydrogen-bond donors (Lipinski definition) is 1. The van der Waals surface area contributed by atoms with Crippen LogP contribution in [0.4, 0.5) is 0 Å². The molecule has 3 aromatic rings. The number of nitrogens with zero attached hydrogens (tertiary/aromatic N) is 3. The van der Waals surface area contributed by atoms with Crippen LogP contribution in [0.3, 0.4) is 0 Å². The molecule has 5 heteroatoms. The standard InChI is InChI=1S/C15H16N4O/c1-11-18-19-14(20-11)10-16-9-7-13-5-2-4-12-6-3-8-17-15(12)13/h2-6,8,16H,7,9-10H2,1H3. The average molecular weight is 268 g/mol. The van der Waals surface area contributed by atoms with Gasteiger partial charge in [0.15, 0.2) is 0 Å². The monoisotopic (exact) mass is 268 g/mol. The van der Waals surface area contributed by atoms with Gasteiger partial charge in [-0.15, -0.1) is 10.2 Å². The van der Waals surface area contributed by atoms with Crippen molar-refractivity contribution in [2.24, 2.45) is 0 Å². The van der Waals surface area contributed by atoms with Gasteiger partial charge in [0.25, 0.3) is 0 Å². The third kappa shape index (κ3) is 2.83. The van der Waals surface area contributed by atoms with Crippen molar-refractivity contribution in [3.63, 3.8) is 0 Å². The zero-order valence-electron chi connectivity index (χ0n) is 11.3. The number of para-hydroxylation sites is 1. The SMILES string of the molecule is Cc1nnc(CNCCc2cccc3cccnc23)o1. The quantitative estimate of drug-likeness (QED) is 0.719. The van der Waals surface area contributed by atoms with Gasteiger partial charge in [-0.25, -0.2) is 0 Å². The summed E-state index contributed by atoms with van der Waals surface area (Å²) in [7, 11) is 0. The van der Waals surface area contributed by atoms with Crippen LogP contribution in [-0.2, 0) is 13.0 Å². The van der Waals surface area contributed by atoms with Gasteiger partial charge in [0.1, 0.15) is 0 Å². The van der Waals surface area contributed by atoms with Crippen LogP contribution >= 0.6 is 0 Å². The summed E-state index contributed by atoms with van der Waals surface area (Å²) in [6, 6.07) is 10.3. The smallest absolute Gasteiger partial charge is 0.230 e. The Morgan fingerprint density at radius 1 is 1.15 bits per heavy atom. The Balaban J connectivity index is 1.60. The molecule has 0 bridgehead atoms. The molecule has 0 aliphatic rings. The first kappa shape index (κ1) is 12.7. The summed E-state index contributed by atoms with van der Waals surface area (Å²) in [6.07, 6.45) is 2.75. The van der Waals surface area contributed by atoms with Gasteiger partial charge in [0, 0.05) is 18.5 Å². The molecular weight excluding hydrogens is 252 g/mol. The molecule has 20 heavy (non-hydrogen) atoms. The fourth-order valence-corrected chi connectivity index (χ4v) is 2.20. The second-order valence-electron chi connectivity index (χ2n) is 4.63. The Morgan fingerprint density at radius 3 is 2.90 bits per heavy atom. The van der Waals surface area contributed by atoms with Crippen LogP contribution in [0.25, 0.3) is 10.9 Å². The number of pyridine rings is 1. The molecule has 1 aromatic carbocycles. The molecule has 0 unspecified atom stereocenters. The maximum atomic E-state index is 5.31. The van der Waals surface area contributed by atoms with Gasteiger partial charge in [-0.05, 0) is 24.6 Å². The maximum Gasteiger partial charge on any atom is 0.230 e. The summed E-state index contributed by atoms with van der Waals surface area (Å²) in [6.45, 7) is 3.23. The van der Waals surface area contributed by atoms with Crippen molar-refractivity contribution >= 4 is 10.9 Å². The molecule has 0 amide bonds. The van der Waals surface area contributed by atoms with Gasteiger partial charge in [-0.1, -0.05) is 24.3 Å². The fourth-order valence-electron chi connectivity index (χ4n) is 2.20. The van der Waals surface area contributed by atoms with Crippen LogP contribution in [-0.4, -0.2) is 21.7 Å². The van der Waals surface area contributed by atoms with E-state index in [-0.39, 0.29) is 0 Å². The number of aryl methyl sites for hydroxylation is 1. The van der Waals surface area contributed by atoms with Crippen LogP contribution in [0.15, 0.2) is 40.9 Å². The van der Waals surface area contributed by atoms with Gasteiger partial charge < -0.3 is 9.73 Å². The lowest BCUT2D eigenvalue weighted by molar-refractivity contribution is 0.448. The molecule has 2 aromatic heterocycles. The Kier molecular flexibility index (Phi) is 3.69. The Bertz CT molecular complexity index is 702.